The number of nitrogens with zero attached hydrogens (tertiary/aromatic N) is 2. The SMILES string of the molecule is COC[C@@H](C)n1c(C)cc(C(=O)COC(=O)[C@H](C)Oc2ccc(C#N)cc2)c1C. The van der Waals surface area contributed by atoms with E-state index >= 15 is 0 Å². The van der Waals surface area contributed by atoms with Crippen molar-refractivity contribution in [1.29, 1.82) is 5.26 Å². The van der Waals surface area contributed by atoms with Gasteiger partial charge in [-0.3, -0.25) is 4.79 Å². The summed E-state index contributed by atoms with van der Waals surface area (Å²) in [4.78, 5) is 24.8. The van der Waals surface area contributed by atoms with Crippen molar-refractivity contribution in [1.82, 2.24) is 4.57 Å². The van der Waals surface area contributed by atoms with Gasteiger partial charge < -0.3 is 18.8 Å². The molecule has 0 bridgehead atoms. The molecule has 2 rings (SSSR count). The first-order chi connectivity index (χ1) is 13.8. The molecule has 29 heavy (non-hydrogen) atoms. The van der Waals surface area contributed by atoms with Crippen molar-refractivity contribution in [3.63, 3.8) is 0 Å². The first kappa shape index (κ1) is 22.2. The Bertz CT molecular complexity index is 909. The number of nitriles is 1. The molecule has 1 heterocycles. The molecule has 0 radical (unpaired) electrons. The summed E-state index contributed by atoms with van der Waals surface area (Å²) in [6.07, 6.45) is -0.884. The van der Waals surface area contributed by atoms with Crippen LogP contribution in [0, 0.1) is 25.2 Å². The fourth-order valence-electron chi connectivity index (χ4n) is 3.25. The molecule has 1 aromatic heterocycles. The van der Waals surface area contributed by atoms with Gasteiger partial charge in [-0.2, -0.15) is 5.26 Å². The minimum Gasteiger partial charge on any atom is -0.479 e. The van der Waals surface area contributed by atoms with Crippen LogP contribution in [0.25, 0.3) is 0 Å². The molecule has 0 unspecified atom stereocenters. The van der Waals surface area contributed by atoms with Crippen LogP contribution in [0.15, 0.2) is 30.3 Å². The van der Waals surface area contributed by atoms with Crippen LogP contribution in [-0.2, 0) is 14.3 Å². The van der Waals surface area contributed by atoms with Crippen molar-refractivity contribution < 1.29 is 23.8 Å². The maximum absolute atomic E-state index is 12.6. The summed E-state index contributed by atoms with van der Waals surface area (Å²) in [5.41, 5.74) is 2.78. The zero-order valence-electron chi connectivity index (χ0n) is 17.4. The lowest BCUT2D eigenvalue weighted by molar-refractivity contribution is -0.149. The molecular formula is C22H26N2O5. The van der Waals surface area contributed by atoms with E-state index in [1.54, 1.807) is 44.4 Å². The molecule has 2 atom stereocenters. The lowest BCUT2D eigenvalue weighted by Crippen LogP contribution is -2.28. The van der Waals surface area contributed by atoms with Gasteiger partial charge in [0, 0.05) is 24.1 Å². The van der Waals surface area contributed by atoms with Gasteiger partial charge >= 0.3 is 5.97 Å². The number of methoxy groups -OCH3 is 1. The zero-order valence-corrected chi connectivity index (χ0v) is 17.4. The van der Waals surface area contributed by atoms with Crippen molar-refractivity contribution in [2.45, 2.75) is 39.8 Å². The normalized spacial score (nSPS) is 12.7. The second-order valence-corrected chi connectivity index (χ2v) is 6.89. The van der Waals surface area contributed by atoms with Gasteiger partial charge in [-0.05, 0) is 58.0 Å². The summed E-state index contributed by atoms with van der Waals surface area (Å²) in [5, 5.41) is 8.81. The highest BCUT2D eigenvalue weighted by molar-refractivity contribution is 5.99. The lowest BCUT2D eigenvalue weighted by Gasteiger charge is -2.17. The van der Waals surface area contributed by atoms with Crippen molar-refractivity contribution in [2.75, 3.05) is 20.3 Å². The fraction of sp³-hybridized carbons (Fsp3) is 0.409. The highest BCUT2D eigenvalue weighted by Gasteiger charge is 2.22. The van der Waals surface area contributed by atoms with Gasteiger partial charge in [0.15, 0.2) is 12.7 Å². The van der Waals surface area contributed by atoms with E-state index in [1.165, 1.54) is 0 Å². The second-order valence-electron chi connectivity index (χ2n) is 6.89. The third-order valence-electron chi connectivity index (χ3n) is 4.61. The predicted molar refractivity (Wildman–Crippen MR) is 107 cm³/mol. The van der Waals surface area contributed by atoms with Crippen LogP contribution in [0.5, 0.6) is 5.75 Å². The monoisotopic (exact) mass is 398 g/mol. The van der Waals surface area contributed by atoms with Crippen molar-refractivity contribution in [3.05, 3.63) is 52.8 Å². The van der Waals surface area contributed by atoms with Gasteiger partial charge in [-0.1, -0.05) is 0 Å². The first-order valence-electron chi connectivity index (χ1n) is 9.32. The van der Waals surface area contributed by atoms with Gasteiger partial charge in [-0.25, -0.2) is 4.79 Å². The third-order valence-corrected chi connectivity index (χ3v) is 4.61. The Morgan fingerprint density at radius 1 is 1.17 bits per heavy atom. The van der Waals surface area contributed by atoms with Gasteiger partial charge in [0.05, 0.1) is 24.3 Å². The molecule has 0 N–H and O–H groups in total. The van der Waals surface area contributed by atoms with Crippen LogP contribution < -0.4 is 4.74 Å². The number of benzene rings is 1. The van der Waals surface area contributed by atoms with Crippen molar-refractivity contribution in [2.24, 2.45) is 0 Å². The molecule has 0 saturated carbocycles. The quantitative estimate of drug-likeness (QED) is 0.475. The Balaban J connectivity index is 1.96. The largest absolute Gasteiger partial charge is 0.479 e. The molecule has 0 aliphatic rings. The number of aromatic nitrogens is 1. The number of aryl methyl sites for hydroxylation is 1. The van der Waals surface area contributed by atoms with Crippen LogP contribution in [0.1, 0.15) is 47.2 Å². The Kier molecular flexibility index (Phi) is 7.57. The first-order valence-corrected chi connectivity index (χ1v) is 9.32. The summed E-state index contributed by atoms with van der Waals surface area (Å²) in [6.45, 7) is 7.52. The number of esters is 1. The van der Waals surface area contributed by atoms with E-state index in [9.17, 15) is 9.59 Å². The molecule has 0 aliphatic carbocycles. The number of ketones is 1. The molecule has 0 amide bonds. The Morgan fingerprint density at radius 2 is 1.83 bits per heavy atom. The van der Waals surface area contributed by atoms with Gasteiger partial charge in [0.1, 0.15) is 5.75 Å². The molecule has 7 nitrogen and oxygen atoms in total. The number of hydrogen-bond acceptors (Lipinski definition) is 6. The molecule has 7 heteroatoms. The summed E-state index contributed by atoms with van der Waals surface area (Å²) in [6, 6.07) is 10.3. The molecule has 1 aromatic carbocycles. The molecule has 0 fully saturated rings. The van der Waals surface area contributed by atoms with Crippen LogP contribution in [0.3, 0.4) is 0 Å². The topological polar surface area (TPSA) is 90.6 Å². The summed E-state index contributed by atoms with van der Waals surface area (Å²) in [7, 11) is 1.64. The van der Waals surface area contributed by atoms with E-state index in [0.717, 1.165) is 11.4 Å². The molecule has 0 aliphatic heterocycles. The molecular weight excluding hydrogens is 372 g/mol. The van der Waals surface area contributed by atoms with Crippen LogP contribution >= 0.6 is 0 Å². The Labute approximate surface area is 170 Å². The summed E-state index contributed by atoms with van der Waals surface area (Å²) in [5.74, 6) is -0.465. The standard InChI is InChI=1S/C22H26N2O5/c1-14-10-20(16(3)24(14)15(2)12-27-5)21(25)13-28-22(26)17(4)29-19-8-6-18(11-23)7-9-19/h6-10,15,17H,12-13H2,1-5H3/t15-,17+/m1/s1. The number of rotatable bonds is 9. The average Bonchev–Trinajstić information content (AvgIpc) is 3.00. The van der Waals surface area contributed by atoms with E-state index in [-0.39, 0.29) is 18.4 Å². The Morgan fingerprint density at radius 3 is 2.41 bits per heavy atom. The van der Waals surface area contributed by atoms with E-state index in [4.69, 9.17) is 19.5 Å². The lowest BCUT2D eigenvalue weighted by atomic mass is 10.1. The number of carbonyl (C=O) groups excluding carboxylic acids is 2. The fourth-order valence-corrected chi connectivity index (χ4v) is 3.25. The average molecular weight is 398 g/mol. The molecule has 0 spiro atoms. The van der Waals surface area contributed by atoms with Gasteiger partial charge in [-0.15, -0.1) is 0 Å². The maximum atomic E-state index is 12.6. The van der Waals surface area contributed by atoms with Crippen molar-refractivity contribution >= 4 is 11.8 Å². The van der Waals surface area contributed by atoms with Crippen LogP contribution in [-0.4, -0.2) is 42.7 Å². The van der Waals surface area contributed by atoms with Gasteiger partial charge in [0.25, 0.3) is 0 Å². The molecule has 0 saturated heterocycles. The molecule has 154 valence electrons. The highest BCUT2D eigenvalue weighted by atomic mass is 16.6. The zero-order chi connectivity index (χ0) is 21.6. The smallest absolute Gasteiger partial charge is 0.347 e. The number of ether oxygens (including phenoxy) is 3. The van der Waals surface area contributed by atoms with Crippen molar-refractivity contribution in [3.8, 4) is 11.8 Å². The highest BCUT2D eigenvalue weighted by Crippen LogP contribution is 2.21. The predicted octanol–water partition coefficient (Wildman–Crippen LogP) is 3.38. The third kappa shape index (κ3) is 5.46. The number of hydrogen-bond donors (Lipinski definition) is 0. The van der Waals surface area contributed by atoms with Crippen LogP contribution in [0.2, 0.25) is 0 Å². The second kappa shape index (κ2) is 9.89. The minimum atomic E-state index is -0.884. The molecule has 2 aromatic rings. The van der Waals surface area contributed by atoms with E-state index < -0.39 is 12.1 Å². The maximum Gasteiger partial charge on any atom is 0.347 e. The van der Waals surface area contributed by atoms with Crippen LogP contribution in [0.4, 0.5) is 0 Å². The summed E-state index contributed by atoms with van der Waals surface area (Å²) < 4.78 is 17.9. The van der Waals surface area contributed by atoms with E-state index in [1.807, 2.05) is 31.4 Å². The number of Topliss-reactive ketones (excluding diaryl/α,β-unsaturated/α-hetero) is 1. The summed E-state index contributed by atoms with van der Waals surface area (Å²) >= 11 is 0. The number of carbonyl (C=O) groups is 2. The van der Waals surface area contributed by atoms with E-state index in [0.29, 0.717) is 23.5 Å². The van der Waals surface area contributed by atoms with Gasteiger partial charge in [0.2, 0.25) is 5.78 Å². The minimum absolute atomic E-state index is 0.0879. The van der Waals surface area contributed by atoms with E-state index in [2.05, 4.69) is 0 Å². The Hall–Kier alpha value is -3.11.